The van der Waals surface area contributed by atoms with Gasteiger partial charge in [-0.3, -0.25) is 9.78 Å². The summed E-state index contributed by atoms with van der Waals surface area (Å²) >= 11 is 6.09. The highest BCUT2D eigenvalue weighted by Gasteiger charge is 2.09. The highest BCUT2D eigenvalue weighted by Crippen LogP contribution is 2.23. The summed E-state index contributed by atoms with van der Waals surface area (Å²) in [6.07, 6.45) is 3.06. The SMILES string of the molecule is Cc1ccc(NC(=O)c2cncc(C#CCN)c2)c(Cl)c1. The van der Waals surface area contributed by atoms with Crippen molar-refractivity contribution in [3.8, 4) is 11.8 Å². The van der Waals surface area contributed by atoms with Crippen LogP contribution in [0.4, 0.5) is 5.69 Å². The van der Waals surface area contributed by atoms with E-state index >= 15 is 0 Å². The zero-order chi connectivity index (χ0) is 15.2. The van der Waals surface area contributed by atoms with E-state index in [1.165, 1.54) is 6.20 Å². The van der Waals surface area contributed by atoms with Crippen molar-refractivity contribution in [2.75, 3.05) is 11.9 Å². The standard InChI is InChI=1S/C16H14ClN3O/c1-11-4-5-15(14(17)7-11)20-16(21)13-8-12(3-2-6-18)9-19-10-13/h4-5,7-10H,6,18H2,1H3,(H,20,21). The molecule has 1 amide bonds. The molecule has 0 aliphatic carbocycles. The summed E-state index contributed by atoms with van der Waals surface area (Å²) in [4.78, 5) is 16.2. The number of halogens is 1. The average molecular weight is 300 g/mol. The molecule has 1 aromatic carbocycles. The van der Waals surface area contributed by atoms with E-state index in [4.69, 9.17) is 17.3 Å². The van der Waals surface area contributed by atoms with Gasteiger partial charge in [0.15, 0.2) is 0 Å². The number of nitrogens with two attached hydrogens (primary N) is 1. The molecule has 2 aromatic rings. The molecule has 21 heavy (non-hydrogen) atoms. The molecular formula is C16H14ClN3O. The maximum absolute atomic E-state index is 12.2. The Kier molecular flexibility index (Phi) is 4.94. The molecule has 0 aliphatic heterocycles. The van der Waals surface area contributed by atoms with Gasteiger partial charge in [-0.05, 0) is 30.7 Å². The number of aromatic nitrogens is 1. The molecule has 0 saturated carbocycles. The first-order valence-electron chi connectivity index (χ1n) is 6.31. The number of benzene rings is 1. The number of rotatable bonds is 2. The van der Waals surface area contributed by atoms with Gasteiger partial charge in [-0.2, -0.15) is 0 Å². The first kappa shape index (κ1) is 15.0. The van der Waals surface area contributed by atoms with Gasteiger partial charge in [0.1, 0.15) is 0 Å². The maximum Gasteiger partial charge on any atom is 0.257 e. The fourth-order valence-corrected chi connectivity index (χ4v) is 1.98. The number of hydrogen-bond donors (Lipinski definition) is 2. The number of carbonyl (C=O) groups excluding carboxylic acids is 1. The normalized spacial score (nSPS) is 9.67. The molecule has 0 bridgehead atoms. The summed E-state index contributed by atoms with van der Waals surface area (Å²) in [5.74, 6) is 5.27. The Hall–Kier alpha value is -2.35. The predicted octanol–water partition coefficient (Wildman–Crippen LogP) is 2.61. The molecule has 0 radical (unpaired) electrons. The van der Waals surface area contributed by atoms with Gasteiger partial charge in [-0.15, -0.1) is 0 Å². The lowest BCUT2D eigenvalue weighted by Gasteiger charge is -2.08. The minimum absolute atomic E-state index is 0.259. The van der Waals surface area contributed by atoms with Gasteiger partial charge in [0.2, 0.25) is 0 Å². The summed E-state index contributed by atoms with van der Waals surface area (Å²) in [7, 11) is 0. The van der Waals surface area contributed by atoms with Crippen LogP contribution in [0.3, 0.4) is 0 Å². The van der Waals surface area contributed by atoms with Gasteiger partial charge in [0.05, 0.1) is 22.8 Å². The number of nitrogens with one attached hydrogen (secondary N) is 1. The molecule has 4 nitrogen and oxygen atoms in total. The number of hydrogen-bond acceptors (Lipinski definition) is 3. The summed E-state index contributed by atoms with van der Waals surface area (Å²) in [6, 6.07) is 7.09. The number of carbonyl (C=O) groups is 1. The lowest BCUT2D eigenvalue weighted by molar-refractivity contribution is 0.102. The quantitative estimate of drug-likeness (QED) is 0.838. The van der Waals surface area contributed by atoms with Crippen molar-refractivity contribution in [2.24, 2.45) is 5.73 Å². The molecule has 1 aromatic heterocycles. The Morgan fingerprint density at radius 1 is 1.38 bits per heavy atom. The topological polar surface area (TPSA) is 68.0 Å². The van der Waals surface area contributed by atoms with Crippen molar-refractivity contribution >= 4 is 23.2 Å². The molecule has 0 unspecified atom stereocenters. The summed E-state index contributed by atoms with van der Waals surface area (Å²) in [6.45, 7) is 2.19. The molecule has 1 heterocycles. The van der Waals surface area contributed by atoms with E-state index < -0.39 is 0 Å². The van der Waals surface area contributed by atoms with E-state index in [1.807, 2.05) is 13.0 Å². The Morgan fingerprint density at radius 3 is 2.90 bits per heavy atom. The first-order valence-corrected chi connectivity index (χ1v) is 6.69. The van der Waals surface area contributed by atoms with Crippen LogP contribution in [0.5, 0.6) is 0 Å². The van der Waals surface area contributed by atoms with E-state index in [0.29, 0.717) is 21.8 Å². The van der Waals surface area contributed by atoms with Gasteiger partial charge in [-0.1, -0.05) is 29.5 Å². The second kappa shape index (κ2) is 6.89. The van der Waals surface area contributed by atoms with Crippen LogP contribution in [0.2, 0.25) is 5.02 Å². The van der Waals surface area contributed by atoms with Crippen LogP contribution in [0, 0.1) is 18.8 Å². The first-order chi connectivity index (χ1) is 10.1. The molecule has 106 valence electrons. The largest absolute Gasteiger partial charge is 0.321 e. The minimum Gasteiger partial charge on any atom is -0.321 e. The number of aryl methyl sites for hydroxylation is 1. The number of nitrogens with zero attached hydrogens (tertiary/aromatic N) is 1. The van der Waals surface area contributed by atoms with Crippen LogP contribution in [0.25, 0.3) is 0 Å². The van der Waals surface area contributed by atoms with E-state index in [9.17, 15) is 4.79 Å². The highest BCUT2D eigenvalue weighted by atomic mass is 35.5. The minimum atomic E-state index is -0.287. The molecule has 5 heteroatoms. The molecule has 2 rings (SSSR count). The van der Waals surface area contributed by atoms with Crippen LogP contribution < -0.4 is 11.1 Å². The zero-order valence-corrected chi connectivity index (χ0v) is 12.2. The molecule has 0 spiro atoms. The number of pyridine rings is 1. The Balaban J connectivity index is 2.20. The fraction of sp³-hybridized carbons (Fsp3) is 0.125. The second-order valence-electron chi connectivity index (χ2n) is 4.41. The van der Waals surface area contributed by atoms with Crippen LogP contribution in [0.15, 0.2) is 36.7 Å². The van der Waals surface area contributed by atoms with Gasteiger partial charge >= 0.3 is 0 Å². The summed E-state index contributed by atoms with van der Waals surface area (Å²) in [5.41, 5.74) is 7.96. The van der Waals surface area contributed by atoms with Crippen molar-refractivity contribution < 1.29 is 4.79 Å². The third-order valence-corrected chi connectivity index (χ3v) is 3.02. The zero-order valence-electron chi connectivity index (χ0n) is 11.5. The Morgan fingerprint density at radius 2 is 2.19 bits per heavy atom. The van der Waals surface area contributed by atoms with E-state index in [2.05, 4.69) is 22.1 Å². The van der Waals surface area contributed by atoms with Crippen molar-refractivity contribution in [1.82, 2.24) is 4.98 Å². The van der Waals surface area contributed by atoms with Gasteiger partial charge in [0, 0.05) is 18.0 Å². The lowest BCUT2D eigenvalue weighted by Crippen LogP contribution is -2.12. The molecule has 3 N–H and O–H groups in total. The van der Waals surface area contributed by atoms with Gasteiger partial charge in [-0.25, -0.2) is 0 Å². The maximum atomic E-state index is 12.2. The Labute approximate surface area is 128 Å². The van der Waals surface area contributed by atoms with Gasteiger partial charge in [0.25, 0.3) is 5.91 Å². The van der Waals surface area contributed by atoms with Gasteiger partial charge < -0.3 is 11.1 Å². The molecule has 0 fully saturated rings. The molecule has 0 atom stereocenters. The third-order valence-electron chi connectivity index (χ3n) is 2.71. The Bertz CT molecular complexity index is 732. The molecular weight excluding hydrogens is 286 g/mol. The number of amides is 1. The third kappa shape index (κ3) is 4.06. The molecule has 0 aliphatic rings. The summed E-state index contributed by atoms with van der Waals surface area (Å²) < 4.78 is 0. The van der Waals surface area contributed by atoms with Crippen LogP contribution in [-0.4, -0.2) is 17.4 Å². The highest BCUT2D eigenvalue weighted by molar-refractivity contribution is 6.34. The van der Waals surface area contributed by atoms with Crippen LogP contribution in [-0.2, 0) is 0 Å². The second-order valence-corrected chi connectivity index (χ2v) is 4.81. The van der Waals surface area contributed by atoms with E-state index in [1.54, 1.807) is 24.4 Å². The average Bonchev–Trinajstić information content (AvgIpc) is 2.48. The summed E-state index contributed by atoms with van der Waals surface area (Å²) in [5, 5.41) is 3.25. The van der Waals surface area contributed by atoms with Crippen molar-refractivity contribution in [3.63, 3.8) is 0 Å². The number of anilines is 1. The van der Waals surface area contributed by atoms with E-state index in [-0.39, 0.29) is 12.5 Å². The van der Waals surface area contributed by atoms with Crippen molar-refractivity contribution in [2.45, 2.75) is 6.92 Å². The van der Waals surface area contributed by atoms with Crippen molar-refractivity contribution in [1.29, 1.82) is 0 Å². The van der Waals surface area contributed by atoms with Crippen LogP contribution in [0.1, 0.15) is 21.5 Å². The van der Waals surface area contributed by atoms with Crippen LogP contribution >= 0.6 is 11.6 Å². The molecule has 0 saturated heterocycles. The smallest absolute Gasteiger partial charge is 0.257 e. The predicted molar refractivity (Wildman–Crippen MR) is 84.3 cm³/mol. The van der Waals surface area contributed by atoms with E-state index in [0.717, 1.165) is 5.56 Å². The fourth-order valence-electron chi connectivity index (χ4n) is 1.70. The monoisotopic (exact) mass is 299 g/mol. The van der Waals surface area contributed by atoms with Crippen molar-refractivity contribution in [3.05, 3.63) is 58.4 Å². The lowest BCUT2D eigenvalue weighted by atomic mass is 10.2.